The number of halogens is 1. The molecule has 2 fully saturated rings. The quantitative estimate of drug-likeness (QED) is 0.813. The van der Waals surface area contributed by atoms with Crippen molar-refractivity contribution in [3.05, 3.63) is 29.8 Å². The van der Waals surface area contributed by atoms with Gasteiger partial charge in [0.05, 0.1) is 35.7 Å². The minimum Gasteiger partial charge on any atom is -0.339 e. The van der Waals surface area contributed by atoms with Crippen LogP contribution in [0.5, 0.6) is 0 Å². The Morgan fingerprint density at radius 1 is 1.28 bits per heavy atom. The van der Waals surface area contributed by atoms with Crippen LogP contribution in [0.25, 0.3) is 0 Å². The lowest BCUT2D eigenvalue weighted by atomic mass is 10.2. The van der Waals surface area contributed by atoms with Crippen LogP contribution in [0.3, 0.4) is 0 Å². The highest BCUT2D eigenvalue weighted by molar-refractivity contribution is 6.30. The predicted octanol–water partition coefficient (Wildman–Crippen LogP) is 0.681. The third kappa shape index (κ3) is 3.72. The van der Waals surface area contributed by atoms with Gasteiger partial charge in [0.2, 0.25) is 5.95 Å². The van der Waals surface area contributed by atoms with Crippen molar-refractivity contribution in [2.24, 2.45) is 5.92 Å². The van der Waals surface area contributed by atoms with Crippen molar-refractivity contribution in [1.29, 1.82) is 0 Å². The molecule has 1 amide bonds. The Kier molecular flexibility index (Phi) is 4.24. The fraction of sp³-hybridized carbons (Fsp3) is 0.438. The molecular weight excluding hydrogens is 342 g/mol. The van der Waals surface area contributed by atoms with Crippen LogP contribution in [0, 0.1) is 17.8 Å². The van der Waals surface area contributed by atoms with Gasteiger partial charge >= 0.3 is 0 Å². The van der Waals surface area contributed by atoms with Crippen molar-refractivity contribution in [3.8, 4) is 11.8 Å². The molecule has 0 unspecified atom stereocenters. The van der Waals surface area contributed by atoms with Crippen molar-refractivity contribution in [3.63, 3.8) is 0 Å². The van der Waals surface area contributed by atoms with E-state index in [1.807, 2.05) is 4.90 Å². The van der Waals surface area contributed by atoms with Gasteiger partial charge in [-0.15, -0.1) is 5.10 Å². The topological polar surface area (TPSA) is 88.8 Å². The number of carbonyl (C=O) groups excluding carboxylic acids is 1. The first-order valence-corrected chi connectivity index (χ1v) is 8.47. The lowest BCUT2D eigenvalue weighted by Crippen LogP contribution is -2.41. The molecule has 1 aliphatic heterocycles. The van der Waals surface area contributed by atoms with E-state index in [0.29, 0.717) is 30.0 Å². The van der Waals surface area contributed by atoms with Gasteiger partial charge in [-0.05, 0) is 18.8 Å². The lowest BCUT2D eigenvalue weighted by molar-refractivity contribution is -0.116. The fourth-order valence-corrected chi connectivity index (χ4v) is 2.92. The smallest absolute Gasteiger partial charge is 0.296 e. The normalized spacial score (nSPS) is 22.4. The molecule has 0 aromatic carbocycles. The molecule has 0 bridgehead atoms. The molecule has 8 nitrogen and oxygen atoms in total. The van der Waals surface area contributed by atoms with E-state index in [1.54, 1.807) is 29.5 Å². The second-order valence-electron chi connectivity index (χ2n) is 6.18. The number of anilines is 1. The monoisotopic (exact) mass is 357 g/mol. The maximum Gasteiger partial charge on any atom is 0.296 e. The highest BCUT2D eigenvalue weighted by Gasteiger charge is 2.36. The summed E-state index contributed by atoms with van der Waals surface area (Å²) in [7, 11) is 0. The Hall–Kier alpha value is -2.66. The van der Waals surface area contributed by atoms with Gasteiger partial charge in [0.1, 0.15) is 0 Å². The molecule has 1 N–H and O–H groups in total. The third-order valence-corrected chi connectivity index (χ3v) is 4.44. The molecule has 0 radical (unpaired) electrons. The second-order valence-corrected chi connectivity index (χ2v) is 6.62. The first-order valence-electron chi connectivity index (χ1n) is 8.09. The molecule has 3 heterocycles. The van der Waals surface area contributed by atoms with E-state index in [1.165, 1.54) is 0 Å². The Morgan fingerprint density at radius 2 is 2.08 bits per heavy atom. The zero-order valence-electron chi connectivity index (χ0n) is 13.3. The molecule has 128 valence electrons. The molecule has 2 aromatic rings. The predicted molar refractivity (Wildman–Crippen MR) is 90.7 cm³/mol. The van der Waals surface area contributed by atoms with Crippen LogP contribution in [-0.2, 0) is 4.79 Å². The maximum absolute atomic E-state index is 12.1. The Labute approximate surface area is 149 Å². The van der Waals surface area contributed by atoms with Crippen molar-refractivity contribution in [2.75, 3.05) is 18.0 Å². The first-order chi connectivity index (χ1) is 12.2. The van der Waals surface area contributed by atoms with E-state index in [-0.39, 0.29) is 18.0 Å². The largest absolute Gasteiger partial charge is 0.339 e. The van der Waals surface area contributed by atoms with Gasteiger partial charge in [-0.1, -0.05) is 22.7 Å². The van der Waals surface area contributed by atoms with E-state index in [9.17, 15) is 4.79 Å². The number of nitrogens with one attached hydrogen (secondary N) is 1. The van der Waals surface area contributed by atoms with Crippen LogP contribution in [0.15, 0.2) is 24.8 Å². The number of amides is 1. The maximum atomic E-state index is 12.1. The zero-order chi connectivity index (χ0) is 17.2. The minimum atomic E-state index is -0.263. The van der Waals surface area contributed by atoms with Crippen molar-refractivity contribution in [1.82, 2.24) is 30.3 Å². The Morgan fingerprint density at radius 3 is 2.76 bits per heavy atom. The lowest BCUT2D eigenvalue weighted by Gasteiger charge is -2.17. The van der Waals surface area contributed by atoms with E-state index >= 15 is 0 Å². The zero-order valence-corrected chi connectivity index (χ0v) is 14.1. The summed E-state index contributed by atoms with van der Waals surface area (Å²) in [5.41, 5.74) is 0. The van der Waals surface area contributed by atoms with Crippen LogP contribution in [-0.4, -0.2) is 50.0 Å². The van der Waals surface area contributed by atoms with Gasteiger partial charge in [0, 0.05) is 25.2 Å². The van der Waals surface area contributed by atoms with Gasteiger partial charge in [0.15, 0.2) is 0 Å². The summed E-state index contributed by atoms with van der Waals surface area (Å²) in [5, 5.41) is 11.4. The van der Waals surface area contributed by atoms with Crippen LogP contribution < -0.4 is 10.2 Å². The summed E-state index contributed by atoms with van der Waals surface area (Å²) in [6.07, 6.45) is 8.70. The number of aromatic nitrogens is 5. The number of carbonyl (C=O) groups is 1. The molecule has 2 atom stereocenters. The fourth-order valence-electron chi connectivity index (χ4n) is 2.82. The highest BCUT2D eigenvalue weighted by atomic mass is 35.5. The van der Waals surface area contributed by atoms with Crippen molar-refractivity contribution in [2.45, 2.75) is 24.9 Å². The standard InChI is InChI=1S/C16H16ClN7O/c17-12-7-18-16(19-8-12)23-9-13(14(10-23)24-6-5-20-22-24)21-15(25)4-3-11-1-2-11/h5-8,11,13-14H,1-2,9-10H2,(H,21,25)/t13-,14+/m1/s1. The molecule has 25 heavy (non-hydrogen) atoms. The minimum absolute atomic E-state index is 0.0755. The summed E-state index contributed by atoms with van der Waals surface area (Å²) < 4.78 is 1.75. The molecule has 2 aliphatic rings. The van der Waals surface area contributed by atoms with Gasteiger partial charge < -0.3 is 10.2 Å². The second kappa shape index (κ2) is 6.69. The molecule has 9 heteroatoms. The van der Waals surface area contributed by atoms with E-state index in [2.05, 4.69) is 37.4 Å². The number of hydrogen-bond acceptors (Lipinski definition) is 6. The van der Waals surface area contributed by atoms with Crippen molar-refractivity contribution < 1.29 is 4.79 Å². The third-order valence-electron chi connectivity index (χ3n) is 4.24. The molecule has 1 saturated heterocycles. The van der Waals surface area contributed by atoms with Crippen LogP contribution in [0.1, 0.15) is 18.9 Å². The highest BCUT2D eigenvalue weighted by Crippen LogP contribution is 2.27. The average molecular weight is 358 g/mol. The van der Waals surface area contributed by atoms with Gasteiger partial charge in [-0.2, -0.15) is 0 Å². The van der Waals surface area contributed by atoms with Gasteiger partial charge in [0.25, 0.3) is 5.91 Å². The first kappa shape index (κ1) is 15.8. The Bertz CT molecular complexity index is 807. The molecule has 1 saturated carbocycles. The summed E-state index contributed by atoms with van der Waals surface area (Å²) in [6.45, 7) is 1.16. The summed E-state index contributed by atoms with van der Waals surface area (Å²) in [5.74, 6) is 6.36. The van der Waals surface area contributed by atoms with E-state index in [0.717, 1.165) is 12.8 Å². The average Bonchev–Trinajstić information content (AvgIpc) is 3.10. The molecule has 0 spiro atoms. The van der Waals surface area contributed by atoms with Crippen molar-refractivity contribution >= 4 is 23.5 Å². The summed E-state index contributed by atoms with van der Waals surface area (Å²) in [6, 6.07) is -0.240. The molecule has 2 aromatic heterocycles. The number of rotatable bonds is 3. The van der Waals surface area contributed by atoms with Crippen LogP contribution in [0.2, 0.25) is 5.02 Å². The van der Waals surface area contributed by atoms with Crippen LogP contribution in [0.4, 0.5) is 5.95 Å². The molecule has 4 rings (SSSR count). The number of nitrogens with zero attached hydrogens (tertiary/aromatic N) is 6. The van der Waals surface area contributed by atoms with Gasteiger partial charge in [-0.3, -0.25) is 4.79 Å². The molecule has 1 aliphatic carbocycles. The van der Waals surface area contributed by atoms with Gasteiger partial charge in [-0.25, -0.2) is 14.6 Å². The Balaban J connectivity index is 1.51. The van der Waals surface area contributed by atoms with Crippen LogP contribution >= 0.6 is 11.6 Å². The summed E-state index contributed by atoms with van der Waals surface area (Å²) >= 11 is 5.85. The number of hydrogen-bond donors (Lipinski definition) is 1. The SMILES string of the molecule is O=C(C#CC1CC1)N[C@@H]1CN(c2ncc(Cl)cn2)C[C@@H]1n1ccnn1. The van der Waals surface area contributed by atoms with E-state index in [4.69, 9.17) is 11.6 Å². The molecular formula is C16H16ClN7O. The summed E-state index contributed by atoms with van der Waals surface area (Å²) in [4.78, 5) is 22.6. The van der Waals surface area contributed by atoms with E-state index < -0.39 is 0 Å².